The van der Waals surface area contributed by atoms with Gasteiger partial charge in [-0.15, -0.1) is 0 Å². The van der Waals surface area contributed by atoms with Crippen molar-refractivity contribution in [3.8, 4) is 34.1 Å². The average Bonchev–Trinajstić information content (AvgIpc) is 3.56. The van der Waals surface area contributed by atoms with Crippen molar-refractivity contribution in [1.29, 1.82) is 0 Å². The van der Waals surface area contributed by atoms with E-state index in [-0.39, 0.29) is 5.82 Å². The summed E-state index contributed by atoms with van der Waals surface area (Å²) in [6.45, 7) is 6.35. The van der Waals surface area contributed by atoms with Gasteiger partial charge in [0.1, 0.15) is 23.1 Å². The topological polar surface area (TPSA) is 44.9 Å². The number of hydrogen-bond donors (Lipinski definition) is 0. The second kappa shape index (κ2) is 10.9. The number of pyridine rings is 1. The van der Waals surface area contributed by atoms with E-state index in [0.29, 0.717) is 11.5 Å². The molecule has 6 heteroatoms. The summed E-state index contributed by atoms with van der Waals surface area (Å²) in [5.41, 5.74) is 8.46. The average molecular weight is 567 g/mol. The second-order valence-corrected chi connectivity index (χ2v) is 10.7. The first-order valence-corrected chi connectivity index (χ1v) is 14.6. The van der Waals surface area contributed by atoms with Crippen molar-refractivity contribution in [1.82, 2.24) is 19.3 Å². The Labute approximate surface area is 249 Å². The molecule has 5 nitrogen and oxygen atoms in total. The van der Waals surface area contributed by atoms with Gasteiger partial charge in [0.05, 0.1) is 28.1 Å². The Hall–Kier alpha value is -5.23. The minimum absolute atomic E-state index is 0.271. The molecule has 0 atom stereocenters. The molecular weight excluding hydrogens is 535 g/mol. The fourth-order valence-corrected chi connectivity index (χ4v) is 5.97. The SMILES string of the molecule is CCc1nn(-c2cccc(Oc3ccc4c5cc(F)ccc5n(-c5cc(C)ccn5)c4c3)c2)c(CC)c1-c1ccccc1. The molecule has 212 valence electrons. The molecule has 43 heavy (non-hydrogen) atoms. The van der Waals surface area contributed by atoms with E-state index >= 15 is 0 Å². The zero-order valence-corrected chi connectivity index (χ0v) is 24.4. The normalized spacial score (nSPS) is 11.4. The van der Waals surface area contributed by atoms with Gasteiger partial charge in [-0.05, 0) is 85.5 Å². The lowest BCUT2D eigenvalue weighted by atomic mass is 10.0. The van der Waals surface area contributed by atoms with Crippen molar-refractivity contribution >= 4 is 21.8 Å². The molecule has 0 saturated carbocycles. The number of benzene rings is 4. The van der Waals surface area contributed by atoms with Crippen molar-refractivity contribution in [3.05, 3.63) is 132 Å². The van der Waals surface area contributed by atoms with Crippen LogP contribution in [-0.4, -0.2) is 19.3 Å². The van der Waals surface area contributed by atoms with Gasteiger partial charge in [0.15, 0.2) is 0 Å². The molecule has 4 aromatic carbocycles. The molecular formula is C37H31FN4O. The first-order valence-electron chi connectivity index (χ1n) is 14.6. The lowest BCUT2D eigenvalue weighted by Gasteiger charge is -2.12. The predicted octanol–water partition coefficient (Wildman–Crippen LogP) is 9.40. The molecule has 0 aliphatic carbocycles. The van der Waals surface area contributed by atoms with E-state index in [2.05, 4.69) is 53.7 Å². The van der Waals surface area contributed by atoms with E-state index in [4.69, 9.17) is 9.84 Å². The van der Waals surface area contributed by atoms with Gasteiger partial charge in [0.25, 0.3) is 0 Å². The fourth-order valence-electron chi connectivity index (χ4n) is 5.97. The molecule has 7 rings (SSSR count). The Morgan fingerprint density at radius 2 is 1.58 bits per heavy atom. The summed E-state index contributed by atoms with van der Waals surface area (Å²) < 4.78 is 24.9. The molecule has 0 spiro atoms. The molecule has 0 aliphatic heterocycles. The van der Waals surface area contributed by atoms with Crippen LogP contribution in [0.3, 0.4) is 0 Å². The monoisotopic (exact) mass is 566 g/mol. The van der Waals surface area contributed by atoms with Gasteiger partial charge in [0, 0.05) is 34.7 Å². The van der Waals surface area contributed by atoms with Crippen LogP contribution in [0.2, 0.25) is 0 Å². The van der Waals surface area contributed by atoms with Crippen molar-refractivity contribution in [2.75, 3.05) is 0 Å². The summed E-state index contributed by atoms with van der Waals surface area (Å²) in [4.78, 5) is 4.64. The summed E-state index contributed by atoms with van der Waals surface area (Å²) in [6, 6.07) is 33.3. The maximum atomic E-state index is 14.3. The molecule has 0 bridgehead atoms. The number of aryl methyl sites for hydroxylation is 2. The van der Waals surface area contributed by atoms with Crippen LogP contribution in [0.25, 0.3) is 44.4 Å². The van der Waals surface area contributed by atoms with Gasteiger partial charge < -0.3 is 4.74 Å². The van der Waals surface area contributed by atoms with Crippen LogP contribution >= 0.6 is 0 Å². The van der Waals surface area contributed by atoms with Crippen molar-refractivity contribution < 1.29 is 9.13 Å². The Kier molecular flexibility index (Phi) is 6.74. The first kappa shape index (κ1) is 26.7. The first-order chi connectivity index (χ1) is 21.0. The third kappa shape index (κ3) is 4.75. The van der Waals surface area contributed by atoms with Gasteiger partial charge in [-0.2, -0.15) is 5.10 Å². The number of aromatic nitrogens is 4. The third-order valence-corrected chi connectivity index (χ3v) is 7.91. The van der Waals surface area contributed by atoms with Crippen LogP contribution in [0, 0.1) is 12.7 Å². The number of ether oxygens (including phenoxy) is 1. The van der Waals surface area contributed by atoms with E-state index in [1.807, 2.05) is 72.3 Å². The third-order valence-electron chi connectivity index (χ3n) is 7.91. The van der Waals surface area contributed by atoms with Crippen LogP contribution in [0.15, 0.2) is 109 Å². The molecule has 7 aromatic rings. The maximum absolute atomic E-state index is 14.3. The highest BCUT2D eigenvalue weighted by Crippen LogP contribution is 2.36. The van der Waals surface area contributed by atoms with E-state index in [9.17, 15) is 4.39 Å². The number of halogens is 1. The van der Waals surface area contributed by atoms with Crippen molar-refractivity contribution in [2.24, 2.45) is 0 Å². The molecule has 0 radical (unpaired) electrons. The van der Waals surface area contributed by atoms with E-state index < -0.39 is 0 Å². The molecule has 0 N–H and O–H groups in total. The summed E-state index contributed by atoms with van der Waals surface area (Å²) in [7, 11) is 0. The van der Waals surface area contributed by atoms with Crippen LogP contribution in [-0.2, 0) is 12.8 Å². The smallest absolute Gasteiger partial charge is 0.137 e. The minimum Gasteiger partial charge on any atom is -0.457 e. The number of rotatable bonds is 7. The van der Waals surface area contributed by atoms with Crippen LogP contribution < -0.4 is 4.74 Å². The highest BCUT2D eigenvalue weighted by molar-refractivity contribution is 6.09. The van der Waals surface area contributed by atoms with Crippen molar-refractivity contribution in [2.45, 2.75) is 33.6 Å². The Morgan fingerprint density at radius 1 is 0.744 bits per heavy atom. The lowest BCUT2D eigenvalue weighted by molar-refractivity contribution is 0.482. The standard InChI is InChI=1S/C37H31FN4O/c1-4-32-37(25-10-7-6-8-11-25)33(5-2)42(40-32)27-12-9-13-28(22-27)43-29-15-16-30-31-21-26(38)14-17-34(31)41(35(30)23-29)36-20-24(3)18-19-39-36/h6-23H,4-5H2,1-3H3. The van der Waals surface area contributed by atoms with Crippen LogP contribution in [0.5, 0.6) is 11.5 Å². The highest BCUT2D eigenvalue weighted by Gasteiger charge is 2.19. The van der Waals surface area contributed by atoms with Gasteiger partial charge in [0.2, 0.25) is 0 Å². The van der Waals surface area contributed by atoms with Crippen molar-refractivity contribution in [3.63, 3.8) is 0 Å². The van der Waals surface area contributed by atoms with E-state index in [0.717, 1.165) is 57.4 Å². The van der Waals surface area contributed by atoms with E-state index in [1.54, 1.807) is 12.3 Å². The zero-order chi connectivity index (χ0) is 29.5. The number of nitrogens with zero attached hydrogens (tertiary/aromatic N) is 4. The number of fused-ring (bicyclic) bond motifs is 3. The molecule has 3 heterocycles. The Bertz CT molecular complexity index is 2110. The second-order valence-electron chi connectivity index (χ2n) is 10.7. The summed E-state index contributed by atoms with van der Waals surface area (Å²) >= 11 is 0. The number of hydrogen-bond acceptors (Lipinski definition) is 3. The van der Waals surface area contributed by atoms with Crippen LogP contribution in [0.1, 0.15) is 30.8 Å². The molecule has 3 aromatic heterocycles. The maximum Gasteiger partial charge on any atom is 0.137 e. The van der Waals surface area contributed by atoms with Gasteiger partial charge in [-0.1, -0.05) is 50.2 Å². The van der Waals surface area contributed by atoms with E-state index in [1.165, 1.54) is 22.9 Å². The zero-order valence-electron chi connectivity index (χ0n) is 24.4. The minimum atomic E-state index is -0.271. The van der Waals surface area contributed by atoms with Gasteiger partial charge >= 0.3 is 0 Å². The lowest BCUT2D eigenvalue weighted by Crippen LogP contribution is -2.02. The van der Waals surface area contributed by atoms with Gasteiger partial charge in [-0.25, -0.2) is 14.1 Å². The Balaban J connectivity index is 1.31. The molecule has 0 amide bonds. The predicted molar refractivity (Wildman–Crippen MR) is 171 cm³/mol. The molecule has 0 aliphatic rings. The molecule has 0 fully saturated rings. The van der Waals surface area contributed by atoms with Crippen LogP contribution in [0.4, 0.5) is 4.39 Å². The summed E-state index contributed by atoms with van der Waals surface area (Å²) in [5, 5.41) is 6.80. The van der Waals surface area contributed by atoms with Gasteiger partial charge in [-0.3, -0.25) is 4.57 Å². The summed E-state index contributed by atoms with van der Waals surface area (Å²) in [6.07, 6.45) is 3.48. The largest absolute Gasteiger partial charge is 0.457 e. The fraction of sp³-hybridized carbons (Fsp3) is 0.135. The quantitative estimate of drug-likeness (QED) is 0.193. The summed E-state index contributed by atoms with van der Waals surface area (Å²) in [5.74, 6) is 1.89. The highest BCUT2D eigenvalue weighted by atomic mass is 19.1. The molecule has 0 saturated heterocycles. The molecule has 0 unspecified atom stereocenters. The Morgan fingerprint density at radius 3 is 2.37 bits per heavy atom.